The van der Waals surface area contributed by atoms with Gasteiger partial charge in [0.05, 0.1) is 18.7 Å². The average molecular weight is 519 g/mol. The second-order valence-electron chi connectivity index (χ2n) is 8.67. The number of aromatic amines is 2. The van der Waals surface area contributed by atoms with Gasteiger partial charge in [0.15, 0.2) is 0 Å². The Kier molecular flexibility index (Phi) is 9.71. The maximum atomic E-state index is 13.2. The van der Waals surface area contributed by atoms with E-state index in [4.69, 9.17) is 5.11 Å². The van der Waals surface area contributed by atoms with Gasteiger partial charge in [-0.1, -0.05) is 0 Å². The molecule has 1 aliphatic rings. The number of carbonyl (C=O) groups is 5. The first kappa shape index (κ1) is 27.3. The maximum absolute atomic E-state index is 13.2. The van der Waals surface area contributed by atoms with Gasteiger partial charge in [-0.05, 0) is 25.8 Å². The number of rotatable bonds is 14. The molecule has 0 spiro atoms. The molecule has 200 valence electrons. The Labute approximate surface area is 211 Å². The Morgan fingerprint density at radius 1 is 0.892 bits per heavy atom. The summed E-state index contributed by atoms with van der Waals surface area (Å²) >= 11 is 0. The van der Waals surface area contributed by atoms with Gasteiger partial charge in [0.25, 0.3) is 0 Å². The Balaban J connectivity index is 1.72. The lowest BCUT2D eigenvalue weighted by Crippen LogP contribution is -2.57. The highest BCUT2D eigenvalue weighted by atomic mass is 16.4. The molecule has 0 aliphatic carbocycles. The fraction of sp³-hybridized carbons (Fsp3) is 0.500. The van der Waals surface area contributed by atoms with Crippen molar-refractivity contribution < 1.29 is 34.2 Å². The van der Waals surface area contributed by atoms with E-state index >= 15 is 0 Å². The zero-order valence-electron chi connectivity index (χ0n) is 19.9. The summed E-state index contributed by atoms with van der Waals surface area (Å²) in [4.78, 5) is 75.1. The smallest absolute Gasteiger partial charge is 0.326 e. The van der Waals surface area contributed by atoms with Crippen molar-refractivity contribution in [3.63, 3.8) is 0 Å². The summed E-state index contributed by atoms with van der Waals surface area (Å²) in [6.07, 6.45) is 6.29. The molecule has 3 rings (SSSR count). The van der Waals surface area contributed by atoms with Gasteiger partial charge >= 0.3 is 11.9 Å². The van der Waals surface area contributed by atoms with E-state index in [1.807, 2.05) is 0 Å². The van der Waals surface area contributed by atoms with Crippen molar-refractivity contribution in [1.82, 2.24) is 41.2 Å². The third kappa shape index (κ3) is 8.42. The maximum Gasteiger partial charge on any atom is 0.326 e. The lowest BCUT2D eigenvalue weighted by atomic mass is 10.1. The van der Waals surface area contributed by atoms with Crippen LogP contribution in [0.15, 0.2) is 25.0 Å². The van der Waals surface area contributed by atoms with Gasteiger partial charge in [-0.15, -0.1) is 0 Å². The van der Waals surface area contributed by atoms with Gasteiger partial charge in [-0.3, -0.25) is 19.2 Å². The standard InChI is InChI=1S/C22H30N8O7/c31-18(32)4-3-15(20(34)30-17(22(36)37)7-13-9-24-11-27-13)28-21(35)16(6-12-8-23-10-26-12)29-19(33)14-2-1-5-25-14/h8-11,14-17,25H,1-7H2,(H,23,26)(H,24,27)(H,28,35)(H,29,33)(H,30,34)(H,31,32)(H,36,37). The number of nitrogens with one attached hydrogen (secondary N) is 6. The number of imidazole rings is 2. The number of carboxylic acids is 2. The van der Waals surface area contributed by atoms with E-state index in [0.717, 1.165) is 6.42 Å². The van der Waals surface area contributed by atoms with Gasteiger partial charge < -0.3 is 41.4 Å². The van der Waals surface area contributed by atoms with Crippen molar-refractivity contribution in [1.29, 1.82) is 0 Å². The summed E-state index contributed by atoms with van der Waals surface area (Å²) < 4.78 is 0. The molecule has 15 nitrogen and oxygen atoms in total. The van der Waals surface area contributed by atoms with Crippen LogP contribution in [0.5, 0.6) is 0 Å². The van der Waals surface area contributed by atoms with Crippen LogP contribution in [0.2, 0.25) is 0 Å². The van der Waals surface area contributed by atoms with Crippen molar-refractivity contribution in [3.8, 4) is 0 Å². The molecule has 0 saturated carbocycles. The first-order chi connectivity index (χ1) is 17.7. The van der Waals surface area contributed by atoms with Gasteiger partial charge in [0.2, 0.25) is 17.7 Å². The number of H-pyrrole nitrogens is 2. The molecule has 15 heteroatoms. The molecule has 4 unspecified atom stereocenters. The number of amides is 3. The molecule has 0 radical (unpaired) electrons. The highest BCUT2D eigenvalue weighted by molar-refractivity contribution is 5.94. The second-order valence-corrected chi connectivity index (χ2v) is 8.67. The van der Waals surface area contributed by atoms with Crippen LogP contribution < -0.4 is 21.3 Å². The van der Waals surface area contributed by atoms with Crippen LogP contribution in [-0.2, 0) is 36.8 Å². The zero-order chi connectivity index (χ0) is 26.8. The van der Waals surface area contributed by atoms with E-state index < -0.39 is 54.3 Å². The highest BCUT2D eigenvalue weighted by Gasteiger charge is 2.32. The van der Waals surface area contributed by atoms with Crippen molar-refractivity contribution in [3.05, 3.63) is 36.4 Å². The van der Waals surface area contributed by atoms with E-state index in [2.05, 4.69) is 41.2 Å². The summed E-state index contributed by atoms with van der Waals surface area (Å²) in [6.45, 7) is 0.677. The predicted molar refractivity (Wildman–Crippen MR) is 126 cm³/mol. The van der Waals surface area contributed by atoms with Crippen LogP contribution in [0.25, 0.3) is 0 Å². The van der Waals surface area contributed by atoms with E-state index in [9.17, 15) is 29.1 Å². The van der Waals surface area contributed by atoms with Crippen LogP contribution in [0, 0.1) is 0 Å². The van der Waals surface area contributed by atoms with Crippen molar-refractivity contribution in [2.45, 2.75) is 62.7 Å². The molecule has 3 amide bonds. The number of carbonyl (C=O) groups excluding carboxylic acids is 3. The lowest BCUT2D eigenvalue weighted by Gasteiger charge is -2.25. The molecule has 2 aromatic heterocycles. The van der Waals surface area contributed by atoms with Crippen LogP contribution in [0.3, 0.4) is 0 Å². The SMILES string of the molecule is O=C(O)CCC(NC(=O)C(Cc1cnc[nH]1)NC(=O)C1CCCN1)C(=O)NC(Cc1cnc[nH]1)C(=O)O. The van der Waals surface area contributed by atoms with Crippen molar-refractivity contribution >= 4 is 29.7 Å². The monoisotopic (exact) mass is 518 g/mol. The third-order valence-electron chi connectivity index (χ3n) is 5.86. The molecule has 3 heterocycles. The fourth-order valence-corrected chi connectivity index (χ4v) is 3.90. The number of aromatic nitrogens is 4. The minimum atomic E-state index is -1.36. The molecule has 1 fully saturated rings. The molecular weight excluding hydrogens is 488 g/mol. The van der Waals surface area contributed by atoms with Gasteiger partial charge in [-0.2, -0.15) is 0 Å². The quantitative estimate of drug-likeness (QED) is 0.138. The zero-order valence-corrected chi connectivity index (χ0v) is 19.9. The average Bonchev–Trinajstić information content (AvgIpc) is 3.64. The number of hydrogen-bond acceptors (Lipinski definition) is 8. The molecule has 1 saturated heterocycles. The van der Waals surface area contributed by atoms with Crippen LogP contribution >= 0.6 is 0 Å². The Hall–Kier alpha value is -4.27. The Bertz CT molecular complexity index is 1070. The minimum absolute atomic E-state index is 0.0368. The highest BCUT2D eigenvalue weighted by Crippen LogP contribution is 2.08. The first-order valence-electron chi connectivity index (χ1n) is 11.8. The number of aliphatic carboxylic acids is 2. The molecule has 1 aliphatic heterocycles. The summed E-state index contributed by atoms with van der Waals surface area (Å²) in [5, 5.41) is 29.2. The van der Waals surface area contributed by atoms with Crippen LogP contribution in [-0.4, -0.2) is 90.5 Å². The number of carboxylic acid groups (broad SMARTS) is 2. The van der Waals surface area contributed by atoms with Crippen molar-refractivity contribution in [2.24, 2.45) is 0 Å². The van der Waals surface area contributed by atoms with Crippen molar-refractivity contribution in [2.75, 3.05) is 6.54 Å². The summed E-state index contributed by atoms with van der Waals surface area (Å²) in [5.74, 6) is -4.50. The molecule has 8 N–H and O–H groups in total. The van der Waals surface area contributed by atoms with E-state index in [-0.39, 0.29) is 25.2 Å². The largest absolute Gasteiger partial charge is 0.481 e. The molecule has 2 aromatic rings. The third-order valence-corrected chi connectivity index (χ3v) is 5.86. The number of hydrogen-bond donors (Lipinski definition) is 8. The summed E-state index contributed by atoms with van der Waals surface area (Å²) in [6, 6.07) is -4.28. The lowest BCUT2D eigenvalue weighted by molar-refractivity contribution is -0.143. The van der Waals surface area contributed by atoms with Crippen LogP contribution in [0.1, 0.15) is 37.1 Å². The normalized spacial score (nSPS) is 17.4. The second kappa shape index (κ2) is 13.2. The fourth-order valence-electron chi connectivity index (χ4n) is 3.90. The van der Waals surface area contributed by atoms with Gasteiger partial charge in [-0.25, -0.2) is 14.8 Å². The van der Waals surface area contributed by atoms with E-state index in [1.165, 1.54) is 25.0 Å². The minimum Gasteiger partial charge on any atom is -0.481 e. The first-order valence-corrected chi connectivity index (χ1v) is 11.8. The molecule has 37 heavy (non-hydrogen) atoms. The summed E-state index contributed by atoms with van der Waals surface area (Å²) in [7, 11) is 0. The summed E-state index contributed by atoms with van der Waals surface area (Å²) in [5.41, 5.74) is 1.01. The number of nitrogens with zero attached hydrogens (tertiary/aromatic N) is 2. The topological polar surface area (TPSA) is 231 Å². The van der Waals surface area contributed by atoms with E-state index in [0.29, 0.717) is 24.4 Å². The molecule has 4 atom stereocenters. The van der Waals surface area contributed by atoms with Gasteiger partial charge in [0, 0.05) is 43.0 Å². The molecule has 0 bridgehead atoms. The van der Waals surface area contributed by atoms with E-state index in [1.54, 1.807) is 0 Å². The molecular formula is C22H30N8O7. The van der Waals surface area contributed by atoms with Crippen LogP contribution in [0.4, 0.5) is 0 Å². The Morgan fingerprint density at radius 3 is 2.00 bits per heavy atom. The van der Waals surface area contributed by atoms with Gasteiger partial charge in [0.1, 0.15) is 18.1 Å². The Morgan fingerprint density at radius 2 is 1.49 bits per heavy atom. The molecule has 0 aromatic carbocycles. The predicted octanol–water partition coefficient (Wildman–Crippen LogP) is -1.93.